The second kappa shape index (κ2) is 4.97. The Morgan fingerprint density at radius 2 is 1.80 bits per heavy atom. The van der Waals surface area contributed by atoms with E-state index in [9.17, 15) is 4.79 Å². The summed E-state index contributed by atoms with van der Waals surface area (Å²) in [5.41, 5.74) is 1.93. The normalized spacial score (nSPS) is 20.2. The van der Waals surface area contributed by atoms with Crippen molar-refractivity contribution in [3.8, 4) is 0 Å². The van der Waals surface area contributed by atoms with Crippen molar-refractivity contribution in [2.24, 2.45) is 0 Å². The maximum absolute atomic E-state index is 11.3. The van der Waals surface area contributed by atoms with Gasteiger partial charge in [-0.25, -0.2) is 0 Å². The summed E-state index contributed by atoms with van der Waals surface area (Å²) in [6, 6.07) is 1.96. The van der Waals surface area contributed by atoms with Crippen molar-refractivity contribution >= 4 is 18.4 Å². The van der Waals surface area contributed by atoms with E-state index in [4.69, 9.17) is 9.31 Å². The lowest BCUT2D eigenvalue weighted by molar-refractivity contribution is -0.116. The fourth-order valence-electron chi connectivity index (χ4n) is 2.15. The first-order valence-electron chi connectivity index (χ1n) is 6.93. The van der Waals surface area contributed by atoms with E-state index in [1.807, 2.05) is 40.7 Å². The van der Waals surface area contributed by atoms with Crippen LogP contribution in [0.25, 0.3) is 0 Å². The summed E-state index contributed by atoms with van der Waals surface area (Å²) in [4.78, 5) is 15.7. The molecule has 108 valence electrons. The van der Waals surface area contributed by atoms with Crippen molar-refractivity contribution in [2.75, 3.05) is 0 Å². The lowest BCUT2D eigenvalue weighted by atomic mass is 9.79. The highest BCUT2D eigenvalue weighted by Crippen LogP contribution is 2.36. The number of carbonyl (C=O) groups is 1. The molecule has 0 bridgehead atoms. The van der Waals surface area contributed by atoms with Gasteiger partial charge >= 0.3 is 7.12 Å². The van der Waals surface area contributed by atoms with Crippen molar-refractivity contribution in [2.45, 2.75) is 59.2 Å². The van der Waals surface area contributed by atoms with Crippen molar-refractivity contribution < 1.29 is 14.1 Å². The fraction of sp³-hybridized carbons (Fsp3) is 0.600. The fourth-order valence-corrected chi connectivity index (χ4v) is 2.15. The van der Waals surface area contributed by atoms with E-state index in [1.54, 1.807) is 13.1 Å². The van der Waals surface area contributed by atoms with Gasteiger partial charge in [-0.1, -0.05) is 6.07 Å². The van der Waals surface area contributed by atoms with Crippen molar-refractivity contribution in [3.63, 3.8) is 0 Å². The molecule has 2 heterocycles. The molecule has 0 N–H and O–H groups in total. The zero-order valence-corrected chi connectivity index (χ0v) is 13.1. The summed E-state index contributed by atoms with van der Waals surface area (Å²) in [5.74, 6) is 0.126. The van der Waals surface area contributed by atoms with Crippen LogP contribution < -0.4 is 5.46 Å². The van der Waals surface area contributed by atoms with E-state index < -0.39 is 7.12 Å². The Morgan fingerprint density at radius 1 is 1.25 bits per heavy atom. The van der Waals surface area contributed by atoms with Crippen molar-refractivity contribution in [3.05, 3.63) is 23.5 Å². The predicted octanol–water partition coefficient (Wildman–Crippen LogP) is 1.82. The number of Topliss-reactive ketones (excluding diaryl/α,β-unsaturated/α-hetero) is 1. The number of pyridine rings is 1. The van der Waals surface area contributed by atoms with E-state index >= 15 is 0 Å². The van der Waals surface area contributed by atoms with Crippen LogP contribution in [-0.2, 0) is 20.5 Å². The van der Waals surface area contributed by atoms with E-state index in [2.05, 4.69) is 4.98 Å². The average molecular weight is 275 g/mol. The van der Waals surface area contributed by atoms with Gasteiger partial charge in [0.2, 0.25) is 0 Å². The number of carbonyl (C=O) groups excluding carboxylic acids is 1. The monoisotopic (exact) mass is 275 g/mol. The third-order valence-electron chi connectivity index (χ3n) is 4.18. The third-order valence-corrected chi connectivity index (χ3v) is 4.18. The van der Waals surface area contributed by atoms with Gasteiger partial charge in [-0.3, -0.25) is 9.78 Å². The second-order valence-electron chi connectivity index (χ2n) is 6.48. The molecule has 1 saturated heterocycles. The zero-order valence-electron chi connectivity index (χ0n) is 13.1. The zero-order chi connectivity index (χ0) is 15.1. The van der Waals surface area contributed by atoms with Crippen LogP contribution in [0.2, 0.25) is 0 Å². The van der Waals surface area contributed by atoms with Gasteiger partial charge in [0.05, 0.1) is 11.2 Å². The van der Waals surface area contributed by atoms with Gasteiger partial charge in [-0.05, 0) is 47.1 Å². The lowest BCUT2D eigenvalue weighted by Crippen LogP contribution is -2.41. The van der Waals surface area contributed by atoms with Gasteiger partial charge in [0.25, 0.3) is 0 Å². The molecular weight excluding hydrogens is 253 g/mol. The summed E-state index contributed by atoms with van der Waals surface area (Å²) in [7, 11) is -0.432. The molecular formula is C15H22BNO3. The van der Waals surface area contributed by atoms with Crippen LogP contribution >= 0.6 is 0 Å². The van der Waals surface area contributed by atoms with Gasteiger partial charge < -0.3 is 9.31 Å². The third kappa shape index (κ3) is 2.79. The van der Waals surface area contributed by atoms with Crippen LogP contribution in [0, 0.1) is 6.92 Å². The van der Waals surface area contributed by atoms with E-state index in [-0.39, 0.29) is 17.0 Å². The predicted molar refractivity (Wildman–Crippen MR) is 79.1 cm³/mol. The van der Waals surface area contributed by atoms with E-state index in [1.165, 1.54) is 0 Å². The minimum atomic E-state index is -0.432. The molecule has 0 unspecified atom stereocenters. The molecule has 1 aliphatic rings. The largest absolute Gasteiger partial charge is 0.496 e. The molecule has 2 rings (SSSR count). The Balaban J connectivity index is 2.29. The molecule has 0 aliphatic carbocycles. The van der Waals surface area contributed by atoms with Gasteiger partial charge in [-0.2, -0.15) is 0 Å². The first-order chi connectivity index (χ1) is 9.12. The number of rotatable bonds is 3. The average Bonchev–Trinajstić information content (AvgIpc) is 2.50. The number of hydrogen-bond acceptors (Lipinski definition) is 4. The van der Waals surface area contributed by atoms with Crippen LogP contribution in [0.4, 0.5) is 0 Å². The summed E-state index contributed by atoms with van der Waals surface area (Å²) in [6.07, 6.45) is 2.16. The quantitative estimate of drug-likeness (QED) is 0.789. The highest BCUT2D eigenvalue weighted by atomic mass is 16.7. The number of aryl methyl sites for hydroxylation is 1. The topological polar surface area (TPSA) is 48.4 Å². The van der Waals surface area contributed by atoms with Crippen LogP contribution in [0.15, 0.2) is 12.3 Å². The Labute approximate surface area is 121 Å². The summed E-state index contributed by atoms with van der Waals surface area (Å²) in [5, 5.41) is 0. The van der Waals surface area contributed by atoms with Crippen molar-refractivity contribution in [1.82, 2.24) is 4.98 Å². The highest BCUT2D eigenvalue weighted by Gasteiger charge is 2.51. The maximum atomic E-state index is 11.3. The smallest absolute Gasteiger partial charge is 0.399 e. The van der Waals surface area contributed by atoms with Crippen LogP contribution in [0.3, 0.4) is 0 Å². The molecule has 1 aromatic heterocycles. The van der Waals surface area contributed by atoms with Gasteiger partial charge in [0.15, 0.2) is 0 Å². The molecule has 0 amide bonds. The van der Waals surface area contributed by atoms with Gasteiger partial charge in [0.1, 0.15) is 5.78 Å². The van der Waals surface area contributed by atoms with E-state index in [0.29, 0.717) is 6.42 Å². The Morgan fingerprint density at radius 3 is 2.30 bits per heavy atom. The molecule has 1 aliphatic heterocycles. The standard InChI is InChI=1S/C15H22BNO3/c1-10(18)7-12-8-13(9-17-11(12)2)16-19-14(3,4)15(5,6)20-16/h8-9H,7H2,1-6H3. The van der Waals surface area contributed by atoms with Gasteiger partial charge in [-0.15, -0.1) is 0 Å². The summed E-state index contributed by atoms with van der Waals surface area (Å²) < 4.78 is 12.0. The molecule has 0 aromatic carbocycles. The molecule has 20 heavy (non-hydrogen) atoms. The van der Waals surface area contributed by atoms with Gasteiger partial charge in [0, 0.05) is 23.8 Å². The molecule has 0 radical (unpaired) electrons. The Bertz CT molecular complexity index is 524. The Kier molecular flexibility index (Phi) is 3.78. The molecule has 4 nitrogen and oxygen atoms in total. The molecule has 0 saturated carbocycles. The number of aromatic nitrogens is 1. The minimum absolute atomic E-state index is 0.126. The first-order valence-corrected chi connectivity index (χ1v) is 6.93. The number of ketones is 1. The number of nitrogens with zero attached hydrogens (tertiary/aromatic N) is 1. The second-order valence-corrected chi connectivity index (χ2v) is 6.48. The van der Waals surface area contributed by atoms with Crippen LogP contribution in [0.5, 0.6) is 0 Å². The molecule has 0 atom stereocenters. The molecule has 0 spiro atoms. The number of hydrogen-bond donors (Lipinski definition) is 0. The summed E-state index contributed by atoms with van der Waals surface area (Å²) in [6.45, 7) is 11.6. The van der Waals surface area contributed by atoms with Crippen molar-refractivity contribution in [1.29, 1.82) is 0 Å². The Hall–Kier alpha value is -1.20. The lowest BCUT2D eigenvalue weighted by Gasteiger charge is -2.32. The minimum Gasteiger partial charge on any atom is -0.399 e. The van der Waals surface area contributed by atoms with Crippen LogP contribution in [-0.4, -0.2) is 29.1 Å². The van der Waals surface area contributed by atoms with Crippen LogP contribution in [0.1, 0.15) is 45.9 Å². The molecule has 1 aromatic rings. The summed E-state index contributed by atoms with van der Waals surface area (Å²) >= 11 is 0. The SMILES string of the molecule is CC(=O)Cc1cc(B2OC(C)(C)C(C)(C)O2)cnc1C. The molecule has 5 heteroatoms. The highest BCUT2D eigenvalue weighted by molar-refractivity contribution is 6.62. The maximum Gasteiger partial charge on any atom is 0.496 e. The first kappa shape index (κ1) is 15.2. The van der Waals surface area contributed by atoms with E-state index in [0.717, 1.165) is 16.7 Å². The molecule has 1 fully saturated rings.